The molecule has 0 spiro atoms. The summed E-state index contributed by atoms with van der Waals surface area (Å²) in [6.45, 7) is 2.02. The van der Waals surface area contributed by atoms with E-state index >= 15 is 0 Å². The molecule has 2 nitrogen and oxygen atoms in total. The fourth-order valence-electron chi connectivity index (χ4n) is 2.17. The van der Waals surface area contributed by atoms with E-state index in [9.17, 15) is 4.79 Å². The number of hydrogen-bond donors (Lipinski definition) is 1. The molecule has 1 amide bonds. The van der Waals surface area contributed by atoms with Gasteiger partial charge in [0.1, 0.15) is 0 Å². The minimum absolute atomic E-state index is 0.0306. The van der Waals surface area contributed by atoms with Gasteiger partial charge in [0, 0.05) is 17.0 Å². The second kappa shape index (κ2) is 5.54. The van der Waals surface area contributed by atoms with Crippen molar-refractivity contribution >= 4 is 17.5 Å². The zero-order chi connectivity index (χ0) is 12.3. The van der Waals surface area contributed by atoms with Gasteiger partial charge in [0.2, 0.25) is 0 Å². The van der Waals surface area contributed by atoms with E-state index in [-0.39, 0.29) is 5.91 Å². The molecule has 2 rings (SSSR count). The Hall–Kier alpha value is -1.02. The summed E-state index contributed by atoms with van der Waals surface area (Å²) >= 11 is 6.04. The number of aryl methyl sites for hydroxylation is 1. The molecule has 0 saturated heterocycles. The highest BCUT2D eigenvalue weighted by molar-refractivity contribution is 6.20. The Morgan fingerprint density at radius 3 is 2.35 bits per heavy atom. The van der Waals surface area contributed by atoms with Crippen molar-refractivity contribution in [1.29, 1.82) is 0 Å². The lowest BCUT2D eigenvalue weighted by Crippen LogP contribution is -2.37. The van der Waals surface area contributed by atoms with E-state index in [4.69, 9.17) is 11.6 Å². The number of rotatable bonds is 2. The Morgan fingerprint density at radius 1 is 1.18 bits per heavy atom. The summed E-state index contributed by atoms with van der Waals surface area (Å²) in [5, 5.41) is 3.37. The first-order valence-electron chi connectivity index (χ1n) is 6.17. The SMILES string of the molecule is Cc1ccc(C(=O)NC2CCC(Cl)CC2)cc1. The number of hydrogen-bond acceptors (Lipinski definition) is 1. The average Bonchev–Trinajstić information content (AvgIpc) is 2.33. The molecule has 1 aromatic carbocycles. The van der Waals surface area contributed by atoms with Gasteiger partial charge in [-0.1, -0.05) is 17.7 Å². The van der Waals surface area contributed by atoms with Crippen LogP contribution in [-0.4, -0.2) is 17.3 Å². The van der Waals surface area contributed by atoms with Crippen LogP contribution in [0.25, 0.3) is 0 Å². The maximum Gasteiger partial charge on any atom is 0.251 e. The number of amides is 1. The van der Waals surface area contributed by atoms with Gasteiger partial charge < -0.3 is 5.32 Å². The van der Waals surface area contributed by atoms with E-state index < -0.39 is 0 Å². The van der Waals surface area contributed by atoms with E-state index in [1.54, 1.807) is 0 Å². The average molecular weight is 252 g/mol. The number of halogens is 1. The van der Waals surface area contributed by atoms with Gasteiger partial charge in [-0.15, -0.1) is 11.6 Å². The summed E-state index contributed by atoms with van der Waals surface area (Å²) in [6.07, 6.45) is 3.98. The van der Waals surface area contributed by atoms with Crippen molar-refractivity contribution in [3.63, 3.8) is 0 Å². The standard InChI is InChI=1S/C14H18ClNO/c1-10-2-4-11(5-3-10)14(17)16-13-8-6-12(15)7-9-13/h2-5,12-13H,6-9H2,1H3,(H,16,17). The molecule has 1 aromatic rings. The summed E-state index contributed by atoms with van der Waals surface area (Å²) in [6, 6.07) is 7.96. The van der Waals surface area contributed by atoms with Crippen LogP contribution < -0.4 is 5.32 Å². The first kappa shape index (κ1) is 12.4. The van der Waals surface area contributed by atoms with Gasteiger partial charge in [-0.25, -0.2) is 0 Å². The third kappa shape index (κ3) is 3.47. The molecule has 1 aliphatic carbocycles. The smallest absolute Gasteiger partial charge is 0.251 e. The van der Waals surface area contributed by atoms with E-state index in [1.165, 1.54) is 5.56 Å². The molecule has 92 valence electrons. The minimum Gasteiger partial charge on any atom is -0.349 e. The van der Waals surface area contributed by atoms with Crippen LogP contribution in [0, 0.1) is 6.92 Å². The first-order valence-corrected chi connectivity index (χ1v) is 6.60. The molecule has 0 radical (unpaired) electrons. The van der Waals surface area contributed by atoms with Crippen molar-refractivity contribution in [2.75, 3.05) is 0 Å². The molecule has 1 fully saturated rings. The normalized spacial score (nSPS) is 24.4. The molecule has 0 unspecified atom stereocenters. The Balaban J connectivity index is 1.91. The maximum atomic E-state index is 12.0. The topological polar surface area (TPSA) is 29.1 Å². The molecule has 0 bridgehead atoms. The number of nitrogens with one attached hydrogen (secondary N) is 1. The number of benzene rings is 1. The maximum absolute atomic E-state index is 12.0. The van der Waals surface area contributed by atoms with Crippen LogP contribution in [0.1, 0.15) is 41.6 Å². The second-order valence-electron chi connectivity index (χ2n) is 4.79. The lowest BCUT2D eigenvalue weighted by molar-refractivity contribution is 0.0928. The second-order valence-corrected chi connectivity index (χ2v) is 5.41. The van der Waals surface area contributed by atoms with Gasteiger partial charge in [0.25, 0.3) is 5.91 Å². The zero-order valence-corrected chi connectivity index (χ0v) is 10.8. The molecular formula is C14H18ClNO. The van der Waals surface area contributed by atoms with Crippen molar-refractivity contribution < 1.29 is 4.79 Å². The molecule has 17 heavy (non-hydrogen) atoms. The van der Waals surface area contributed by atoms with E-state index in [0.717, 1.165) is 31.2 Å². The Morgan fingerprint density at radius 2 is 1.76 bits per heavy atom. The lowest BCUT2D eigenvalue weighted by Gasteiger charge is -2.25. The van der Waals surface area contributed by atoms with Crippen molar-refractivity contribution in [1.82, 2.24) is 5.32 Å². The highest BCUT2D eigenvalue weighted by Crippen LogP contribution is 2.23. The van der Waals surface area contributed by atoms with Crippen LogP contribution in [0.15, 0.2) is 24.3 Å². The molecule has 1 saturated carbocycles. The highest BCUT2D eigenvalue weighted by atomic mass is 35.5. The number of carbonyl (C=O) groups excluding carboxylic acids is 1. The Labute approximate surface area is 107 Å². The summed E-state index contributed by atoms with van der Waals surface area (Å²) in [5.74, 6) is 0.0306. The number of carbonyl (C=O) groups is 1. The quantitative estimate of drug-likeness (QED) is 0.803. The van der Waals surface area contributed by atoms with Crippen LogP contribution in [0.3, 0.4) is 0 Å². The zero-order valence-electron chi connectivity index (χ0n) is 10.1. The molecule has 1 aliphatic rings. The Kier molecular flexibility index (Phi) is 4.06. The number of alkyl halides is 1. The summed E-state index contributed by atoms with van der Waals surface area (Å²) < 4.78 is 0. The first-order chi connectivity index (χ1) is 8.15. The summed E-state index contributed by atoms with van der Waals surface area (Å²) in [5.41, 5.74) is 1.91. The van der Waals surface area contributed by atoms with Gasteiger partial charge in [0.15, 0.2) is 0 Å². The van der Waals surface area contributed by atoms with Gasteiger partial charge >= 0.3 is 0 Å². The fourth-order valence-corrected chi connectivity index (χ4v) is 2.42. The predicted molar refractivity (Wildman–Crippen MR) is 70.5 cm³/mol. The van der Waals surface area contributed by atoms with E-state index in [2.05, 4.69) is 5.32 Å². The molecule has 0 atom stereocenters. The summed E-state index contributed by atoms with van der Waals surface area (Å²) in [7, 11) is 0. The van der Waals surface area contributed by atoms with Crippen LogP contribution >= 0.6 is 11.6 Å². The lowest BCUT2D eigenvalue weighted by atomic mass is 9.95. The van der Waals surface area contributed by atoms with E-state index in [0.29, 0.717) is 11.4 Å². The molecular weight excluding hydrogens is 234 g/mol. The van der Waals surface area contributed by atoms with Crippen LogP contribution in [0.4, 0.5) is 0 Å². The van der Waals surface area contributed by atoms with Crippen LogP contribution in [0.2, 0.25) is 0 Å². The van der Waals surface area contributed by atoms with Crippen molar-refractivity contribution in [3.8, 4) is 0 Å². The summed E-state index contributed by atoms with van der Waals surface area (Å²) in [4.78, 5) is 12.0. The third-order valence-electron chi connectivity index (χ3n) is 3.31. The van der Waals surface area contributed by atoms with Crippen LogP contribution in [0.5, 0.6) is 0 Å². The Bertz CT molecular complexity index is 380. The predicted octanol–water partition coefficient (Wildman–Crippen LogP) is 3.27. The largest absolute Gasteiger partial charge is 0.349 e. The monoisotopic (exact) mass is 251 g/mol. The van der Waals surface area contributed by atoms with Crippen molar-refractivity contribution in [2.24, 2.45) is 0 Å². The molecule has 0 heterocycles. The van der Waals surface area contributed by atoms with E-state index in [1.807, 2.05) is 31.2 Å². The van der Waals surface area contributed by atoms with Gasteiger partial charge in [-0.3, -0.25) is 4.79 Å². The van der Waals surface area contributed by atoms with Crippen molar-refractivity contribution in [3.05, 3.63) is 35.4 Å². The molecule has 3 heteroatoms. The fraction of sp³-hybridized carbons (Fsp3) is 0.500. The van der Waals surface area contributed by atoms with Gasteiger partial charge in [-0.2, -0.15) is 0 Å². The minimum atomic E-state index is 0.0306. The van der Waals surface area contributed by atoms with Crippen LogP contribution in [-0.2, 0) is 0 Å². The third-order valence-corrected chi connectivity index (χ3v) is 3.74. The molecule has 0 aromatic heterocycles. The van der Waals surface area contributed by atoms with Gasteiger partial charge in [-0.05, 0) is 44.7 Å². The highest BCUT2D eigenvalue weighted by Gasteiger charge is 2.21. The molecule has 1 N–H and O–H groups in total. The van der Waals surface area contributed by atoms with Gasteiger partial charge in [0.05, 0.1) is 0 Å². The van der Waals surface area contributed by atoms with Crippen molar-refractivity contribution in [2.45, 2.75) is 44.0 Å². The molecule has 0 aliphatic heterocycles.